The van der Waals surface area contributed by atoms with Gasteiger partial charge in [0.05, 0.1) is 12.5 Å². The first-order valence-electron chi connectivity index (χ1n) is 13.0. The molecule has 6 N–H and O–H groups in total. The van der Waals surface area contributed by atoms with Crippen molar-refractivity contribution in [3.63, 3.8) is 0 Å². The number of aromatic nitrogens is 1. The second-order valence-corrected chi connectivity index (χ2v) is 10.5. The minimum Gasteiger partial charge on any atom is -0.508 e. The van der Waals surface area contributed by atoms with E-state index in [-0.39, 0.29) is 17.2 Å². The number of nitrogens with one attached hydrogen (secondary N) is 2. The molecule has 0 fully saturated rings. The van der Waals surface area contributed by atoms with Crippen molar-refractivity contribution in [1.29, 1.82) is 0 Å². The Morgan fingerprint density at radius 3 is 2.26 bits per heavy atom. The molecule has 0 saturated heterocycles. The molecule has 7 heteroatoms. The maximum Gasteiger partial charge on any atom is 0.224 e. The van der Waals surface area contributed by atoms with Crippen LogP contribution in [0.1, 0.15) is 42.2 Å². The maximum absolute atomic E-state index is 12.6. The fraction of sp³-hybridized carbons (Fsp3) is 0.250. The second kappa shape index (κ2) is 12.6. The second-order valence-electron chi connectivity index (χ2n) is 10.5. The van der Waals surface area contributed by atoms with Crippen LogP contribution < -0.4 is 16.4 Å². The SMILES string of the molecule is CC(C)(Cc1cccc(CC(=O)NCc2ccc(-c3ccc(O)cc3)cc2)c1)NCC(O)c1ccc(N)nc1. The summed E-state index contributed by atoms with van der Waals surface area (Å²) in [5.74, 6) is 0.632. The van der Waals surface area contributed by atoms with E-state index in [1.165, 1.54) is 0 Å². The number of rotatable bonds is 11. The summed E-state index contributed by atoms with van der Waals surface area (Å²) in [5, 5.41) is 26.4. The number of benzene rings is 3. The maximum atomic E-state index is 12.6. The highest BCUT2D eigenvalue weighted by atomic mass is 16.3. The summed E-state index contributed by atoms with van der Waals surface area (Å²) in [5.41, 5.74) is 11.2. The minimum absolute atomic E-state index is 0.0348. The molecule has 7 nitrogen and oxygen atoms in total. The number of nitrogen functional groups attached to an aromatic ring is 1. The smallest absolute Gasteiger partial charge is 0.224 e. The molecule has 0 spiro atoms. The van der Waals surface area contributed by atoms with E-state index in [0.717, 1.165) is 34.2 Å². The molecule has 0 saturated carbocycles. The van der Waals surface area contributed by atoms with Crippen molar-refractivity contribution in [2.75, 3.05) is 12.3 Å². The van der Waals surface area contributed by atoms with Gasteiger partial charge in [-0.15, -0.1) is 0 Å². The Labute approximate surface area is 229 Å². The average molecular weight is 525 g/mol. The van der Waals surface area contributed by atoms with Crippen molar-refractivity contribution in [2.24, 2.45) is 0 Å². The first-order valence-corrected chi connectivity index (χ1v) is 13.0. The van der Waals surface area contributed by atoms with Gasteiger partial charge in [-0.05, 0) is 66.3 Å². The molecule has 39 heavy (non-hydrogen) atoms. The first kappa shape index (κ1) is 27.8. The monoisotopic (exact) mass is 524 g/mol. The summed E-state index contributed by atoms with van der Waals surface area (Å²) in [7, 11) is 0. The van der Waals surface area contributed by atoms with Gasteiger partial charge in [0.25, 0.3) is 0 Å². The van der Waals surface area contributed by atoms with Gasteiger partial charge in [-0.25, -0.2) is 4.98 Å². The van der Waals surface area contributed by atoms with Crippen LogP contribution in [0.2, 0.25) is 0 Å². The van der Waals surface area contributed by atoms with Crippen LogP contribution >= 0.6 is 0 Å². The fourth-order valence-electron chi connectivity index (χ4n) is 4.44. The number of β-amino-alcohol motifs (C(OH)–C–C–N with tert-alkyl or cyclic N) is 1. The molecule has 0 aliphatic carbocycles. The normalized spacial score (nSPS) is 12.2. The molecule has 3 aromatic carbocycles. The predicted molar refractivity (Wildman–Crippen MR) is 155 cm³/mol. The summed E-state index contributed by atoms with van der Waals surface area (Å²) >= 11 is 0. The first-order chi connectivity index (χ1) is 18.7. The van der Waals surface area contributed by atoms with Crippen molar-refractivity contribution < 1.29 is 15.0 Å². The van der Waals surface area contributed by atoms with E-state index in [2.05, 4.69) is 41.6 Å². The molecule has 1 unspecified atom stereocenters. The molecule has 1 amide bonds. The number of aliphatic hydroxyl groups is 1. The zero-order valence-corrected chi connectivity index (χ0v) is 22.4. The van der Waals surface area contributed by atoms with Crippen LogP contribution in [0, 0.1) is 0 Å². The Morgan fingerprint density at radius 1 is 0.923 bits per heavy atom. The summed E-state index contributed by atoms with van der Waals surface area (Å²) in [4.78, 5) is 16.7. The summed E-state index contributed by atoms with van der Waals surface area (Å²) < 4.78 is 0. The molecule has 0 radical (unpaired) electrons. The highest BCUT2D eigenvalue weighted by Crippen LogP contribution is 2.22. The number of amides is 1. The van der Waals surface area contributed by atoms with Crippen molar-refractivity contribution in [1.82, 2.24) is 15.6 Å². The lowest BCUT2D eigenvalue weighted by Gasteiger charge is -2.28. The Hall–Kier alpha value is -4.20. The van der Waals surface area contributed by atoms with Crippen molar-refractivity contribution >= 4 is 11.7 Å². The number of nitrogens with zero attached hydrogens (tertiary/aromatic N) is 1. The minimum atomic E-state index is -0.684. The molecular weight excluding hydrogens is 488 g/mol. The Kier molecular flexibility index (Phi) is 8.96. The lowest BCUT2D eigenvalue weighted by atomic mass is 9.93. The number of aromatic hydroxyl groups is 1. The molecule has 1 aromatic heterocycles. The number of pyridine rings is 1. The van der Waals surface area contributed by atoms with E-state index >= 15 is 0 Å². The van der Waals surface area contributed by atoms with Crippen molar-refractivity contribution in [3.05, 3.63) is 113 Å². The zero-order chi connectivity index (χ0) is 27.8. The van der Waals surface area contributed by atoms with Gasteiger partial charge in [0, 0.05) is 30.4 Å². The van der Waals surface area contributed by atoms with Gasteiger partial charge >= 0.3 is 0 Å². The molecule has 0 aliphatic rings. The van der Waals surface area contributed by atoms with Crippen LogP contribution in [-0.2, 0) is 24.2 Å². The van der Waals surface area contributed by atoms with Crippen LogP contribution in [0.4, 0.5) is 5.82 Å². The van der Waals surface area contributed by atoms with E-state index in [0.29, 0.717) is 30.9 Å². The van der Waals surface area contributed by atoms with Crippen LogP contribution in [0.15, 0.2) is 91.1 Å². The number of carbonyl (C=O) groups excluding carboxylic acids is 1. The lowest BCUT2D eigenvalue weighted by Crippen LogP contribution is -2.43. The summed E-state index contributed by atoms with van der Waals surface area (Å²) in [6, 6.07) is 26.6. The van der Waals surface area contributed by atoms with Gasteiger partial charge < -0.3 is 26.6 Å². The number of phenolic OH excluding ortho intramolecular Hbond substituents is 1. The third-order valence-electron chi connectivity index (χ3n) is 6.61. The Bertz CT molecular complexity index is 1370. The molecule has 4 rings (SSSR count). The largest absolute Gasteiger partial charge is 0.508 e. The molecule has 202 valence electrons. The highest BCUT2D eigenvalue weighted by Gasteiger charge is 2.20. The molecule has 0 aliphatic heterocycles. The number of nitrogens with two attached hydrogens (primary N) is 1. The van der Waals surface area contributed by atoms with Gasteiger partial charge in [0.15, 0.2) is 0 Å². The zero-order valence-electron chi connectivity index (χ0n) is 22.4. The van der Waals surface area contributed by atoms with Crippen molar-refractivity contribution in [2.45, 2.75) is 44.9 Å². The number of aliphatic hydroxyl groups excluding tert-OH is 1. The Balaban J connectivity index is 1.26. The van der Waals surface area contributed by atoms with Crippen LogP contribution in [0.5, 0.6) is 5.75 Å². The number of carbonyl (C=O) groups is 1. The van der Waals surface area contributed by atoms with Gasteiger partial charge in [0.1, 0.15) is 11.6 Å². The van der Waals surface area contributed by atoms with Crippen LogP contribution in [-0.4, -0.2) is 33.2 Å². The number of phenols is 1. The van der Waals surface area contributed by atoms with E-state index < -0.39 is 6.10 Å². The average Bonchev–Trinajstić information content (AvgIpc) is 2.92. The van der Waals surface area contributed by atoms with Gasteiger partial charge in [-0.1, -0.05) is 66.7 Å². The number of hydrogen-bond acceptors (Lipinski definition) is 6. The van der Waals surface area contributed by atoms with Gasteiger partial charge in [-0.2, -0.15) is 0 Å². The fourth-order valence-corrected chi connectivity index (χ4v) is 4.44. The number of anilines is 1. The molecule has 1 atom stereocenters. The third kappa shape index (κ3) is 8.40. The van der Waals surface area contributed by atoms with E-state index in [9.17, 15) is 15.0 Å². The van der Waals surface area contributed by atoms with E-state index in [4.69, 9.17) is 5.73 Å². The molecule has 0 bridgehead atoms. The quantitative estimate of drug-likeness (QED) is 0.196. The van der Waals surface area contributed by atoms with Gasteiger partial charge in [-0.3, -0.25) is 4.79 Å². The third-order valence-corrected chi connectivity index (χ3v) is 6.61. The predicted octanol–water partition coefficient (Wildman–Crippen LogP) is 4.54. The summed E-state index contributed by atoms with van der Waals surface area (Å²) in [6.07, 6.45) is 1.95. The van der Waals surface area contributed by atoms with E-state index in [1.807, 2.05) is 48.5 Å². The van der Waals surface area contributed by atoms with Crippen LogP contribution in [0.25, 0.3) is 11.1 Å². The van der Waals surface area contributed by atoms with Gasteiger partial charge in [0.2, 0.25) is 5.91 Å². The summed E-state index contributed by atoms with van der Waals surface area (Å²) in [6.45, 7) is 5.02. The lowest BCUT2D eigenvalue weighted by molar-refractivity contribution is -0.120. The van der Waals surface area contributed by atoms with E-state index in [1.54, 1.807) is 30.5 Å². The number of hydrogen-bond donors (Lipinski definition) is 5. The molecular formula is C32H36N4O3. The molecule has 4 aromatic rings. The standard InChI is InChI=1S/C32H36N4O3/c1-32(2,36-21-29(38)27-12-15-30(33)34-20-27)18-24-5-3-4-23(16-24)17-31(39)35-19-22-6-8-25(9-7-22)26-10-13-28(37)14-11-26/h3-16,20,29,36-38H,17-19,21H2,1-2H3,(H2,33,34)(H,35,39). The highest BCUT2D eigenvalue weighted by molar-refractivity contribution is 5.78. The van der Waals surface area contributed by atoms with Crippen molar-refractivity contribution in [3.8, 4) is 16.9 Å². The molecule has 1 heterocycles. The Morgan fingerprint density at radius 2 is 1.59 bits per heavy atom. The van der Waals surface area contributed by atoms with Crippen LogP contribution in [0.3, 0.4) is 0 Å². The topological polar surface area (TPSA) is 120 Å².